The molecule has 13 heavy (non-hydrogen) atoms. The van der Waals surface area contributed by atoms with Crippen molar-refractivity contribution in [3.63, 3.8) is 0 Å². The van der Waals surface area contributed by atoms with E-state index >= 15 is 0 Å². The first-order valence-corrected chi connectivity index (χ1v) is 4.16. The molecule has 0 saturated carbocycles. The molecule has 0 N–H and O–H groups in total. The minimum absolute atomic E-state index is 0.222. The van der Waals surface area contributed by atoms with Gasteiger partial charge in [-0.25, -0.2) is 8.78 Å². The third kappa shape index (κ3) is 3.08. The van der Waals surface area contributed by atoms with Crippen LogP contribution < -0.4 is 0 Å². The maximum absolute atomic E-state index is 12.5. The Bertz CT molecular complexity index is 275. The van der Waals surface area contributed by atoms with Crippen LogP contribution in [-0.2, 0) is 6.54 Å². The Morgan fingerprint density at radius 2 is 2.15 bits per heavy atom. The fraction of sp³-hybridized carbons (Fsp3) is 0.750. The van der Waals surface area contributed by atoms with Gasteiger partial charge in [0.1, 0.15) is 6.54 Å². The summed E-state index contributed by atoms with van der Waals surface area (Å²) >= 11 is 0. The van der Waals surface area contributed by atoms with E-state index in [4.69, 9.17) is 0 Å². The molecule has 0 bridgehead atoms. The standard InChI is InChI=1S/C8H13F2N3/c1-6(2)7-4-11-13(12-7)5-8(3,9)10/h4,6H,5H2,1-3H3. The number of alkyl halides is 2. The van der Waals surface area contributed by atoms with Gasteiger partial charge in [0, 0.05) is 6.92 Å². The molecule has 0 aliphatic rings. The first kappa shape index (κ1) is 10.1. The van der Waals surface area contributed by atoms with Gasteiger partial charge in [0.15, 0.2) is 0 Å². The van der Waals surface area contributed by atoms with Gasteiger partial charge in [-0.3, -0.25) is 0 Å². The van der Waals surface area contributed by atoms with Crippen molar-refractivity contribution in [1.82, 2.24) is 15.0 Å². The second-order valence-corrected chi connectivity index (χ2v) is 3.52. The molecule has 0 atom stereocenters. The minimum atomic E-state index is -2.76. The Morgan fingerprint density at radius 1 is 1.54 bits per heavy atom. The molecular weight excluding hydrogens is 176 g/mol. The summed E-state index contributed by atoms with van der Waals surface area (Å²) in [6.45, 7) is 4.28. The summed E-state index contributed by atoms with van der Waals surface area (Å²) in [6.07, 6.45) is 1.52. The molecule has 0 fully saturated rings. The maximum atomic E-state index is 12.5. The fourth-order valence-electron chi connectivity index (χ4n) is 0.900. The monoisotopic (exact) mass is 189 g/mol. The van der Waals surface area contributed by atoms with Crippen molar-refractivity contribution in [2.45, 2.75) is 39.2 Å². The third-order valence-corrected chi connectivity index (χ3v) is 1.56. The number of aromatic nitrogens is 3. The van der Waals surface area contributed by atoms with E-state index in [1.165, 1.54) is 6.20 Å². The number of nitrogens with zero attached hydrogens (tertiary/aromatic N) is 3. The quantitative estimate of drug-likeness (QED) is 0.728. The van der Waals surface area contributed by atoms with Crippen LogP contribution in [0, 0.1) is 0 Å². The molecule has 0 aliphatic carbocycles. The van der Waals surface area contributed by atoms with Crippen molar-refractivity contribution < 1.29 is 8.78 Å². The SMILES string of the molecule is CC(C)c1cnn(CC(C)(F)F)n1. The van der Waals surface area contributed by atoms with Crippen LogP contribution in [0.15, 0.2) is 6.20 Å². The van der Waals surface area contributed by atoms with Crippen molar-refractivity contribution in [2.75, 3.05) is 0 Å². The molecule has 1 aromatic heterocycles. The smallest absolute Gasteiger partial charge is 0.205 e. The summed E-state index contributed by atoms with van der Waals surface area (Å²) in [5.74, 6) is -2.54. The third-order valence-electron chi connectivity index (χ3n) is 1.56. The minimum Gasteiger partial charge on any atom is -0.205 e. The second-order valence-electron chi connectivity index (χ2n) is 3.52. The van der Waals surface area contributed by atoms with Crippen molar-refractivity contribution in [1.29, 1.82) is 0 Å². The van der Waals surface area contributed by atoms with E-state index in [-0.39, 0.29) is 5.92 Å². The molecular formula is C8H13F2N3. The van der Waals surface area contributed by atoms with Gasteiger partial charge in [0.05, 0.1) is 11.9 Å². The van der Waals surface area contributed by atoms with Crippen molar-refractivity contribution in [3.05, 3.63) is 11.9 Å². The van der Waals surface area contributed by atoms with Crippen molar-refractivity contribution in [2.24, 2.45) is 0 Å². The highest BCUT2D eigenvalue weighted by Crippen LogP contribution is 2.14. The summed E-state index contributed by atoms with van der Waals surface area (Å²) < 4.78 is 25.0. The molecule has 0 amide bonds. The lowest BCUT2D eigenvalue weighted by atomic mass is 10.2. The van der Waals surface area contributed by atoms with Crippen LogP contribution in [0.4, 0.5) is 8.78 Å². The topological polar surface area (TPSA) is 30.7 Å². The largest absolute Gasteiger partial charge is 0.266 e. The van der Waals surface area contributed by atoms with Gasteiger partial charge in [-0.05, 0) is 5.92 Å². The Labute approximate surface area is 75.7 Å². The maximum Gasteiger partial charge on any atom is 0.266 e. The highest BCUT2D eigenvalue weighted by atomic mass is 19.3. The highest BCUT2D eigenvalue weighted by Gasteiger charge is 2.23. The zero-order chi connectivity index (χ0) is 10.1. The van der Waals surface area contributed by atoms with Gasteiger partial charge in [0.2, 0.25) is 0 Å². The zero-order valence-corrected chi connectivity index (χ0v) is 7.96. The van der Waals surface area contributed by atoms with E-state index in [0.717, 1.165) is 17.4 Å². The normalized spacial score (nSPS) is 12.5. The molecule has 74 valence electrons. The second kappa shape index (κ2) is 3.40. The highest BCUT2D eigenvalue weighted by molar-refractivity contribution is 4.97. The number of hydrogen-bond acceptors (Lipinski definition) is 2. The lowest BCUT2D eigenvalue weighted by molar-refractivity contribution is -0.00347. The van der Waals surface area contributed by atoms with E-state index in [1.54, 1.807) is 0 Å². The van der Waals surface area contributed by atoms with Crippen LogP contribution >= 0.6 is 0 Å². The molecule has 0 aliphatic heterocycles. The molecule has 0 spiro atoms. The van der Waals surface area contributed by atoms with Crippen molar-refractivity contribution >= 4 is 0 Å². The predicted octanol–water partition coefficient (Wildman–Crippen LogP) is 2.06. The number of hydrogen-bond donors (Lipinski definition) is 0. The molecule has 1 heterocycles. The van der Waals surface area contributed by atoms with Crippen molar-refractivity contribution in [3.8, 4) is 0 Å². The van der Waals surface area contributed by atoms with Gasteiger partial charge in [-0.15, -0.1) is 0 Å². The Hall–Kier alpha value is -1.00. The lowest BCUT2D eigenvalue weighted by Gasteiger charge is -2.07. The van der Waals surface area contributed by atoms with E-state index in [1.807, 2.05) is 13.8 Å². The Kier molecular flexibility index (Phi) is 2.63. The summed E-state index contributed by atoms with van der Waals surface area (Å²) in [6, 6.07) is 0. The molecule has 0 unspecified atom stereocenters. The molecule has 0 radical (unpaired) electrons. The first-order valence-electron chi connectivity index (χ1n) is 4.16. The number of halogens is 2. The molecule has 1 aromatic rings. The summed E-state index contributed by atoms with van der Waals surface area (Å²) in [4.78, 5) is 1.04. The molecule has 1 rings (SSSR count). The zero-order valence-electron chi connectivity index (χ0n) is 7.96. The summed E-state index contributed by atoms with van der Waals surface area (Å²) in [7, 11) is 0. The first-order chi connectivity index (χ1) is 5.88. The fourth-order valence-corrected chi connectivity index (χ4v) is 0.900. The van der Waals surface area contributed by atoms with Crippen LogP contribution in [0.3, 0.4) is 0 Å². The van der Waals surface area contributed by atoms with Gasteiger partial charge >= 0.3 is 0 Å². The molecule has 3 nitrogen and oxygen atoms in total. The Balaban J connectivity index is 2.70. The predicted molar refractivity (Wildman–Crippen MR) is 44.7 cm³/mol. The van der Waals surface area contributed by atoms with Crippen LogP contribution in [0.25, 0.3) is 0 Å². The average Bonchev–Trinajstić information content (AvgIpc) is 2.31. The van der Waals surface area contributed by atoms with E-state index in [9.17, 15) is 8.78 Å². The lowest BCUT2D eigenvalue weighted by Crippen LogP contribution is -2.21. The van der Waals surface area contributed by atoms with E-state index in [0.29, 0.717) is 0 Å². The average molecular weight is 189 g/mol. The van der Waals surface area contributed by atoms with E-state index in [2.05, 4.69) is 10.2 Å². The molecule has 0 saturated heterocycles. The van der Waals surface area contributed by atoms with Gasteiger partial charge in [0.25, 0.3) is 5.92 Å². The molecule has 5 heteroatoms. The molecule has 0 aromatic carbocycles. The van der Waals surface area contributed by atoms with Gasteiger partial charge < -0.3 is 0 Å². The van der Waals surface area contributed by atoms with Crippen LogP contribution in [0.2, 0.25) is 0 Å². The van der Waals surface area contributed by atoms with E-state index < -0.39 is 12.5 Å². The summed E-state index contributed by atoms with van der Waals surface area (Å²) in [5, 5.41) is 7.67. The van der Waals surface area contributed by atoms with Crippen LogP contribution in [0.1, 0.15) is 32.4 Å². The summed E-state index contributed by atoms with van der Waals surface area (Å²) in [5.41, 5.74) is 0.740. The van der Waals surface area contributed by atoms with Crippen LogP contribution in [0.5, 0.6) is 0 Å². The number of rotatable bonds is 3. The van der Waals surface area contributed by atoms with Gasteiger partial charge in [-0.2, -0.15) is 15.0 Å². The Morgan fingerprint density at radius 3 is 2.54 bits per heavy atom. The van der Waals surface area contributed by atoms with Gasteiger partial charge in [-0.1, -0.05) is 13.8 Å². The van der Waals surface area contributed by atoms with Crippen LogP contribution in [-0.4, -0.2) is 20.9 Å².